The summed E-state index contributed by atoms with van der Waals surface area (Å²) in [5, 5.41) is 0.639. The number of Topliss-reactive ketones (excluding diaryl/α,β-unsaturated/α-hetero) is 1. The summed E-state index contributed by atoms with van der Waals surface area (Å²) >= 11 is 4.85. The van der Waals surface area contributed by atoms with E-state index in [0.717, 1.165) is 24.8 Å². The van der Waals surface area contributed by atoms with E-state index in [1.165, 1.54) is 30.4 Å². The average Bonchev–Trinajstić information content (AvgIpc) is 3.41. The lowest BCUT2D eigenvalue weighted by molar-refractivity contribution is -0.120. The van der Waals surface area contributed by atoms with Crippen molar-refractivity contribution in [2.75, 3.05) is 19.5 Å². The Hall–Kier alpha value is -0.900. The van der Waals surface area contributed by atoms with Crippen molar-refractivity contribution >= 4 is 50.5 Å². The number of hydrogen-bond donors (Lipinski definition) is 0. The smallest absolute Gasteiger partial charge is 0.309 e. The number of halogens is 1. The summed E-state index contributed by atoms with van der Waals surface area (Å²) in [6.45, 7) is 4.06. The van der Waals surface area contributed by atoms with Crippen LogP contribution in [0.3, 0.4) is 0 Å². The minimum absolute atomic E-state index is 0.0401. The molecule has 7 nitrogen and oxygen atoms in total. The van der Waals surface area contributed by atoms with E-state index in [0.29, 0.717) is 20.4 Å². The van der Waals surface area contributed by atoms with E-state index in [-0.39, 0.29) is 42.4 Å². The van der Waals surface area contributed by atoms with Gasteiger partial charge in [-0.15, -0.1) is 11.3 Å². The molecule has 1 heterocycles. The van der Waals surface area contributed by atoms with Crippen LogP contribution in [0.25, 0.3) is 0 Å². The molecule has 0 unspecified atom stereocenters. The van der Waals surface area contributed by atoms with Crippen LogP contribution in [0.5, 0.6) is 0 Å². The highest BCUT2D eigenvalue weighted by Gasteiger charge is 2.30. The fourth-order valence-electron chi connectivity index (χ4n) is 4.51. The van der Waals surface area contributed by atoms with E-state index in [1.54, 1.807) is 38.1 Å². The molecule has 0 spiro atoms. The van der Waals surface area contributed by atoms with Gasteiger partial charge in [0.1, 0.15) is 10.8 Å². The molecule has 1 aromatic carbocycles. The first-order valence-corrected chi connectivity index (χ1v) is 17.1. The van der Waals surface area contributed by atoms with Crippen LogP contribution < -0.4 is 0 Å². The number of benzene rings is 1. The van der Waals surface area contributed by atoms with E-state index in [2.05, 4.69) is 20.9 Å². The summed E-state index contributed by atoms with van der Waals surface area (Å²) in [4.78, 5) is 18.4. The highest BCUT2D eigenvalue weighted by molar-refractivity contribution is 9.11. The lowest BCUT2D eigenvalue weighted by atomic mass is 9.84. The molecule has 0 bridgehead atoms. The monoisotopic (exact) mass is 605 g/mol. The Morgan fingerprint density at radius 1 is 1.17 bits per heavy atom. The first kappa shape index (κ1) is 28.7. The Morgan fingerprint density at radius 2 is 1.77 bits per heavy atom. The summed E-state index contributed by atoms with van der Waals surface area (Å²) in [7, 11) is -6.62. The van der Waals surface area contributed by atoms with Crippen molar-refractivity contribution in [3.05, 3.63) is 44.3 Å². The number of aromatic nitrogens is 1. The number of carbonyl (C=O) groups excluding carboxylic acids is 1. The van der Waals surface area contributed by atoms with Gasteiger partial charge in [-0.2, -0.15) is 0 Å². The molecule has 35 heavy (non-hydrogen) atoms. The van der Waals surface area contributed by atoms with Gasteiger partial charge in [0.2, 0.25) is 0 Å². The van der Waals surface area contributed by atoms with Gasteiger partial charge in [-0.1, -0.05) is 37.8 Å². The SMILES string of the molecule is CCOP(=O)(Cc1nc(CC(=O)[C@H](CC2CCCC2)c2ccc(S(C)(=O)=O)cc2)sc1Br)OCC. The molecule has 0 radical (unpaired) electrons. The number of rotatable bonds is 13. The summed E-state index contributed by atoms with van der Waals surface area (Å²) in [5.74, 6) is 0.214. The van der Waals surface area contributed by atoms with Gasteiger partial charge < -0.3 is 9.05 Å². The predicted molar refractivity (Wildman–Crippen MR) is 142 cm³/mol. The number of hydrogen-bond acceptors (Lipinski definition) is 8. The molecule has 2 aromatic rings. The topological polar surface area (TPSA) is 99.6 Å². The highest BCUT2D eigenvalue weighted by atomic mass is 79.9. The second-order valence-corrected chi connectivity index (χ2v) is 15.3. The predicted octanol–water partition coefficient (Wildman–Crippen LogP) is 6.55. The fraction of sp³-hybridized carbons (Fsp3) is 0.583. The summed E-state index contributed by atoms with van der Waals surface area (Å²) in [6, 6.07) is 6.68. The quantitative estimate of drug-likeness (QED) is 0.239. The molecular formula is C24H33BrNO6PS2. The molecule has 1 atom stereocenters. The largest absolute Gasteiger partial charge is 0.336 e. The van der Waals surface area contributed by atoms with Crippen LogP contribution in [-0.4, -0.2) is 38.7 Å². The zero-order valence-corrected chi connectivity index (χ0v) is 24.5. The Kier molecular flexibility index (Phi) is 10.3. The Balaban J connectivity index is 1.81. The molecule has 3 rings (SSSR count). The maximum absolute atomic E-state index is 13.5. The van der Waals surface area contributed by atoms with E-state index in [4.69, 9.17) is 9.05 Å². The molecule has 0 N–H and O–H groups in total. The van der Waals surface area contributed by atoms with Crippen molar-refractivity contribution < 1.29 is 26.8 Å². The molecule has 0 aliphatic heterocycles. The van der Waals surface area contributed by atoms with E-state index >= 15 is 0 Å². The number of sulfone groups is 1. The summed E-state index contributed by atoms with van der Waals surface area (Å²) in [6.07, 6.45) is 6.71. The highest BCUT2D eigenvalue weighted by Crippen LogP contribution is 2.52. The molecule has 0 saturated heterocycles. The number of nitrogens with zero attached hydrogens (tertiary/aromatic N) is 1. The van der Waals surface area contributed by atoms with Crippen molar-refractivity contribution in [3.63, 3.8) is 0 Å². The van der Waals surface area contributed by atoms with E-state index in [9.17, 15) is 17.8 Å². The van der Waals surface area contributed by atoms with Gasteiger partial charge in [-0.05, 0) is 59.8 Å². The molecule has 1 aromatic heterocycles. The van der Waals surface area contributed by atoms with Crippen LogP contribution in [0.2, 0.25) is 0 Å². The zero-order valence-electron chi connectivity index (χ0n) is 20.4. The van der Waals surface area contributed by atoms with Crippen molar-refractivity contribution in [2.24, 2.45) is 5.92 Å². The van der Waals surface area contributed by atoms with Gasteiger partial charge in [0.25, 0.3) is 0 Å². The maximum atomic E-state index is 13.5. The molecule has 0 amide bonds. The molecular weight excluding hydrogens is 573 g/mol. The molecule has 1 aliphatic carbocycles. The lowest BCUT2D eigenvalue weighted by Gasteiger charge is -2.20. The van der Waals surface area contributed by atoms with Gasteiger partial charge in [0, 0.05) is 12.2 Å². The molecule has 11 heteroatoms. The van der Waals surface area contributed by atoms with Crippen LogP contribution in [-0.2, 0) is 40.8 Å². The normalized spacial score (nSPS) is 16.0. The maximum Gasteiger partial charge on any atom is 0.336 e. The third-order valence-corrected chi connectivity index (χ3v) is 11.1. The van der Waals surface area contributed by atoms with Crippen LogP contribution >= 0.6 is 34.9 Å². The third kappa shape index (κ3) is 8.04. The Bertz CT molecular complexity index is 1150. The second kappa shape index (κ2) is 12.6. The number of carbonyl (C=O) groups is 1. The van der Waals surface area contributed by atoms with Crippen LogP contribution in [0, 0.1) is 5.92 Å². The van der Waals surface area contributed by atoms with E-state index < -0.39 is 17.4 Å². The minimum Gasteiger partial charge on any atom is -0.309 e. The summed E-state index contributed by atoms with van der Waals surface area (Å²) in [5.41, 5.74) is 1.40. The minimum atomic E-state index is -3.31. The van der Waals surface area contributed by atoms with Gasteiger partial charge in [0.15, 0.2) is 9.84 Å². The zero-order chi connectivity index (χ0) is 25.6. The van der Waals surface area contributed by atoms with Crippen LogP contribution in [0.15, 0.2) is 32.9 Å². The number of ketones is 1. The van der Waals surface area contributed by atoms with Crippen LogP contribution in [0.1, 0.15) is 68.1 Å². The molecule has 1 aliphatic rings. The summed E-state index contributed by atoms with van der Waals surface area (Å²) < 4.78 is 48.2. The van der Waals surface area contributed by atoms with Crippen molar-refractivity contribution in [1.82, 2.24) is 4.98 Å². The van der Waals surface area contributed by atoms with Crippen molar-refractivity contribution in [3.8, 4) is 0 Å². The fourth-order valence-corrected chi connectivity index (χ4v) is 8.71. The van der Waals surface area contributed by atoms with Crippen LogP contribution in [0.4, 0.5) is 0 Å². The molecule has 1 saturated carbocycles. The first-order valence-electron chi connectivity index (χ1n) is 11.9. The average molecular weight is 607 g/mol. The second-order valence-electron chi connectivity index (χ2n) is 8.86. The first-order chi connectivity index (χ1) is 16.5. The number of thiazole rings is 1. The lowest BCUT2D eigenvalue weighted by Crippen LogP contribution is -2.18. The van der Waals surface area contributed by atoms with Crippen molar-refractivity contribution in [1.29, 1.82) is 0 Å². The molecule has 194 valence electrons. The van der Waals surface area contributed by atoms with E-state index in [1.807, 2.05) is 0 Å². The Morgan fingerprint density at radius 3 is 2.31 bits per heavy atom. The Labute approximate surface area is 220 Å². The van der Waals surface area contributed by atoms with Gasteiger partial charge >= 0.3 is 7.60 Å². The van der Waals surface area contributed by atoms with Gasteiger partial charge in [0.05, 0.1) is 40.2 Å². The van der Waals surface area contributed by atoms with Gasteiger partial charge in [-0.25, -0.2) is 13.4 Å². The van der Waals surface area contributed by atoms with Gasteiger partial charge in [-0.3, -0.25) is 9.36 Å². The third-order valence-electron chi connectivity index (χ3n) is 6.16. The molecule has 1 fully saturated rings. The standard InChI is InChI=1S/C24H33BrNO6PS2/c1-4-31-33(28,32-5-2)16-21-24(25)34-23(26-21)15-22(27)20(14-17-8-6-7-9-17)18-10-12-19(13-11-18)35(3,29)30/h10-13,17,20H,4-9,14-16H2,1-3H3/t20-/m1/s1. The van der Waals surface area contributed by atoms with Crippen molar-refractivity contribution in [2.45, 2.75) is 69.3 Å².